The van der Waals surface area contributed by atoms with Gasteiger partial charge in [-0.05, 0) is 40.2 Å². The number of morpholine rings is 1. The van der Waals surface area contributed by atoms with Crippen LogP contribution in [-0.2, 0) is 9.53 Å². The largest absolute Gasteiger partial charge is 0.373 e. The first-order valence-corrected chi connectivity index (χ1v) is 7.84. The number of carbonyl (C=O) groups excluding carboxylic acids is 1. The molecule has 2 aliphatic heterocycles. The maximum atomic E-state index is 12.1. The SMILES string of the molecule is C[C@H]1C[C@@H](C(=O)NCCN2CCOC(C)(C)C2)CCN1. The Kier molecular flexibility index (Phi) is 5.41. The van der Waals surface area contributed by atoms with Crippen molar-refractivity contribution in [3.05, 3.63) is 0 Å². The van der Waals surface area contributed by atoms with Crippen molar-refractivity contribution in [3.8, 4) is 0 Å². The van der Waals surface area contributed by atoms with Crippen LogP contribution in [0.3, 0.4) is 0 Å². The average molecular weight is 283 g/mol. The highest BCUT2D eigenvalue weighted by atomic mass is 16.5. The van der Waals surface area contributed by atoms with Crippen molar-refractivity contribution in [1.82, 2.24) is 15.5 Å². The van der Waals surface area contributed by atoms with E-state index >= 15 is 0 Å². The Morgan fingerprint density at radius 2 is 2.30 bits per heavy atom. The van der Waals surface area contributed by atoms with Crippen molar-refractivity contribution in [3.63, 3.8) is 0 Å². The topological polar surface area (TPSA) is 53.6 Å². The van der Waals surface area contributed by atoms with Crippen molar-refractivity contribution >= 4 is 5.91 Å². The molecule has 2 atom stereocenters. The quantitative estimate of drug-likeness (QED) is 0.793. The molecule has 116 valence electrons. The molecule has 2 saturated heterocycles. The number of rotatable bonds is 4. The Hall–Kier alpha value is -0.650. The third-order valence-electron chi connectivity index (χ3n) is 4.23. The molecule has 2 fully saturated rings. The number of nitrogens with zero attached hydrogens (tertiary/aromatic N) is 1. The van der Waals surface area contributed by atoms with Gasteiger partial charge in [-0.3, -0.25) is 9.69 Å². The van der Waals surface area contributed by atoms with E-state index in [4.69, 9.17) is 4.74 Å². The molecule has 2 heterocycles. The Bertz CT molecular complexity index is 333. The van der Waals surface area contributed by atoms with Crippen LogP contribution in [0.2, 0.25) is 0 Å². The number of ether oxygens (including phenoxy) is 1. The highest BCUT2D eigenvalue weighted by Crippen LogP contribution is 2.17. The zero-order valence-corrected chi connectivity index (χ0v) is 13.1. The maximum absolute atomic E-state index is 12.1. The summed E-state index contributed by atoms with van der Waals surface area (Å²) in [6, 6.07) is 0.458. The van der Waals surface area contributed by atoms with Crippen LogP contribution in [0.5, 0.6) is 0 Å². The minimum Gasteiger partial charge on any atom is -0.373 e. The average Bonchev–Trinajstić information content (AvgIpc) is 2.37. The lowest BCUT2D eigenvalue weighted by molar-refractivity contribution is -0.126. The van der Waals surface area contributed by atoms with E-state index in [9.17, 15) is 4.79 Å². The smallest absolute Gasteiger partial charge is 0.223 e. The fourth-order valence-corrected chi connectivity index (χ4v) is 3.16. The van der Waals surface area contributed by atoms with Crippen molar-refractivity contribution in [2.24, 2.45) is 5.92 Å². The molecule has 2 N–H and O–H groups in total. The van der Waals surface area contributed by atoms with Gasteiger partial charge in [-0.25, -0.2) is 0 Å². The first kappa shape index (κ1) is 15.7. The van der Waals surface area contributed by atoms with Gasteiger partial charge in [-0.2, -0.15) is 0 Å². The number of hydrogen-bond acceptors (Lipinski definition) is 4. The molecule has 0 spiro atoms. The fraction of sp³-hybridized carbons (Fsp3) is 0.933. The van der Waals surface area contributed by atoms with E-state index in [1.807, 2.05) is 0 Å². The number of nitrogens with one attached hydrogen (secondary N) is 2. The zero-order chi connectivity index (χ0) is 14.6. The van der Waals surface area contributed by atoms with E-state index in [0.717, 1.165) is 52.2 Å². The van der Waals surface area contributed by atoms with Gasteiger partial charge in [-0.1, -0.05) is 0 Å². The highest BCUT2D eigenvalue weighted by Gasteiger charge is 2.27. The molecule has 0 aromatic heterocycles. The van der Waals surface area contributed by atoms with E-state index in [2.05, 4.69) is 36.3 Å². The van der Waals surface area contributed by atoms with Crippen LogP contribution < -0.4 is 10.6 Å². The first-order chi connectivity index (χ1) is 9.46. The molecule has 0 aromatic rings. The Morgan fingerprint density at radius 1 is 1.50 bits per heavy atom. The third kappa shape index (κ3) is 4.72. The lowest BCUT2D eigenvalue weighted by atomic mass is 9.92. The molecule has 0 radical (unpaired) electrons. The monoisotopic (exact) mass is 283 g/mol. The molecule has 0 saturated carbocycles. The van der Waals surface area contributed by atoms with Crippen molar-refractivity contribution < 1.29 is 9.53 Å². The second kappa shape index (κ2) is 6.87. The molecule has 0 aliphatic carbocycles. The van der Waals surface area contributed by atoms with Gasteiger partial charge in [0, 0.05) is 38.1 Å². The van der Waals surface area contributed by atoms with E-state index in [1.165, 1.54) is 0 Å². The Balaban J connectivity index is 1.66. The van der Waals surface area contributed by atoms with Crippen LogP contribution in [0, 0.1) is 5.92 Å². The summed E-state index contributed by atoms with van der Waals surface area (Å²) >= 11 is 0. The first-order valence-electron chi connectivity index (χ1n) is 7.84. The summed E-state index contributed by atoms with van der Waals surface area (Å²) in [5.41, 5.74) is -0.0628. The second-order valence-electron chi connectivity index (χ2n) is 6.75. The molecule has 20 heavy (non-hydrogen) atoms. The van der Waals surface area contributed by atoms with Crippen LogP contribution in [0.4, 0.5) is 0 Å². The summed E-state index contributed by atoms with van der Waals surface area (Å²) < 4.78 is 5.69. The minimum absolute atomic E-state index is 0.0628. The second-order valence-corrected chi connectivity index (χ2v) is 6.75. The Morgan fingerprint density at radius 3 is 3.00 bits per heavy atom. The number of amides is 1. The molecular weight excluding hydrogens is 254 g/mol. The standard InChI is InChI=1S/C15H29N3O2/c1-12-10-13(4-5-16-12)14(19)17-6-7-18-8-9-20-15(2,3)11-18/h12-13,16H,4-11H2,1-3H3,(H,17,19)/t12-,13-/m0/s1. The molecule has 0 unspecified atom stereocenters. The number of hydrogen-bond donors (Lipinski definition) is 2. The molecule has 5 heteroatoms. The maximum Gasteiger partial charge on any atom is 0.223 e. The summed E-state index contributed by atoms with van der Waals surface area (Å²) in [7, 11) is 0. The van der Waals surface area contributed by atoms with E-state index in [-0.39, 0.29) is 17.4 Å². The predicted molar refractivity (Wildman–Crippen MR) is 79.7 cm³/mol. The highest BCUT2D eigenvalue weighted by molar-refractivity contribution is 5.78. The molecule has 2 aliphatic rings. The van der Waals surface area contributed by atoms with Crippen molar-refractivity contribution in [1.29, 1.82) is 0 Å². The molecule has 1 amide bonds. The lowest BCUT2D eigenvalue weighted by Gasteiger charge is -2.38. The van der Waals surface area contributed by atoms with Gasteiger partial charge in [0.05, 0.1) is 12.2 Å². The summed E-state index contributed by atoms with van der Waals surface area (Å²) in [6.45, 7) is 11.7. The normalized spacial score (nSPS) is 30.9. The lowest BCUT2D eigenvalue weighted by Crippen LogP contribution is -2.50. The zero-order valence-electron chi connectivity index (χ0n) is 13.1. The third-order valence-corrected chi connectivity index (χ3v) is 4.23. The van der Waals surface area contributed by atoms with Crippen LogP contribution in [0.15, 0.2) is 0 Å². The predicted octanol–water partition coefficient (Wildman–Crippen LogP) is 0.602. The van der Waals surface area contributed by atoms with Gasteiger partial charge >= 0.3 is 0 Å². The van der Waals surface area contributed by atoms with Gasteiger partial charge in [0.25, 0.3) is 0 Å². The van der Waals surface area contributed by atoms with Crippen LogP contribution in [-0.4, -0.2) is 61.8 Å². The van der Waals surface area contributed by atoms with Crippen LogP contribution in [0.1, 0.15) is 33.6 Å². The van der Waals surface area contributed by atoms with E-state index in [1.54, 1.807) is 0 Å². The van der Waals surface area contributed by atoms with Gasteiger partial charge in [-0.15, -0.1) is 0 Å². The minimum atomic E-state index is -0.0628. The van der Waals surface area contributed by atoms with Gasteiger partial charge < -0.3 is 15.4 Å². The molecule has 0 aromatic carbocycles. The molecule has 2 rings (SSSR count). The van der Waals surface area contributed by atoms with Crippen LogP contribution in [0.25, 0.3) is 0 Å². The number of piperidine rings is 1. The molecule has 0 bridgehead atoms. The fourth-order valence-electron chi connectivity index (χ4n) is 3.16. The van der Waals surface area contributed by atoms with Gasteiger partial charge in [0.15, 0.2) is 0 Å². The summed E-state index contributed by atoms with van der Waals surface area (Å²) in [6.07, 6.45) is 1.91. The summed E-state index contributed by atoms with van der Waals surface area (Å²) in [4.78, 5) is 14.5. The van der Waals surface area contributed by atoms with Gasteiger partial charge in [0.1, 0.15) is 0 Å². The summed E-state index contributed by atoms with van der Waals surface area (Å²) in [5, 5.41) is 6.48. The molecular formula is C15H29N3O2. The van der Waals surface area contributed by atoms with Gasteiger partial charge in [0.2, 0.25) is 5.91 Å². The van der Waals surface area contributed by atoms with E-state index in [0.29, 0.717) is 6.04 Å². The number of carbonyl (C=O) groups is 1. The van der Waals surface area contributed by atoms with Crippen molar-refractivity contribution in [2.45, 2.75) is 45.3 Å². The van der Waals surface area contributed by atoms with E-state index < -0.39 is 0 Å². The van der Waals surface area contributed by atoms with Crippen LogP contribution >= 0.6 is 0 Å². The Labute approximate surface area is 122 Å². The van der Waals surface area contributed by atoms with Crippen molar-refractivity contribution in [2.75, 3.05) is 39.3 Å². The summed E-state index contributed by atoms with van der Waals surface area (Å²) in [5.74, 6) is 0.415. The molecule has 5 nitrogen and oxygen atoms in total.